The summed E-state index contributed by atoms with van der Waals surface area (Å²) in [6.45, 7) is 6.14. The van der Waals surface area contributed by atoms with E-state index in [1.54, 1.807) is 6.92 Å². The van der Waals surface area contributed by atoms with E-state index in [9.17, 15) is 4.91 Å². The molecule has 4 nitrogen and oxygen atoms in total. The Balaban J connectivity index is 3.13. The number of rotatable bonds is 6. The molecule has 0 atom stereocenters. The Kier molecular flexibility index (Phi) is 5.91. The van der Waals surface area contributed by atoms with Crippen LogP contribution in [0.1, 0.15) is 6.92 Å². The number of hydrogen-bond acceptors (Lipinski definition) is 4. The highest BCUT2D eigenvalue weighted by atomic mass is 17.2. The molecular weight excluding hydrogens is 134 g/mol. The van der Waals surface area contributed by atoms with Gasteiger partial charge < -0.3 is 0 Å². The zero-order valence-corrected chi connectivity index (χ0v) is 6.00. The van der Waals surface area contributed by atoms with Gasteiger partial charge in [-0.25, -0.2) is 9.78 Å². The fraction of sp³-hybridized carbons (Fsp3) is 0.667. The first-order chi connectivity index (χ1) is 4.81. The third-order valence-corrected chi connectivity index (χ3v) is 0.752. The van der Waals surface area contributed by atoms with Crippen LogP contribution in [-0.4, -0.2) is 19.8 Å². The van der Waals surface area contributed by atoms with Crippen LogP contribution < -0.4 is 0 Å². The second-order valence-electron chi connectivity index (χ2n) is 1.71. The summed E-state index contributed by atoms with van der Waals surface area (Å²) in [6, 6.07) is 0. The van der Waals surface area contributed by atoms with Crippen LogP contribution in [0.15, 0.2) is 17.3 Å². The number of nitroso groups, excluding NO2 is 1. The summed E-state index contributed by atoms with van der Waals surface area (Å²) in [6.07, 6.45) is 0. The van der Waals surface area contributed by atoms with E-state index in [1.165, 1.54) is 0 Å². The second-order valence-corrected chi connectivity index (χ2v) is 1.71. The zero-order valence-electron chi connectivity index (χ0n) is 6.00. The van der Waals surface area contributed by atoms with Crippen molar-refractivity contribution >= 4 is 0 Å². The molecule has 0 bridgehead atoms. The average Bonchev–Trinajstić information content (AvgIpc) is 1.89. The van der Waals surface area contributed by atoms with Gasteiger partial charge in [-0.1, -0.05) is 11.8 Å². The van der Waals surface area contributed by atoms with Crippen molar-refractivity contribution in [2.75, 3.05) is 19.8 Å². The Hall–Kier alpha value is -0.740. The molecular formula is C6H11NO3. The lowest BCUT2D eigenvalue weighted by molar-refractivity contribution is -0.284. The molecule has 0 aromatic rings. The van der Waals surface area contributed by atoms with Crippen LogP contribution in [0.4, 0.5) is 0 Å². The molecule has 10 heavy (non-hydrogen) atoms. The van der Waals surface area contributed by atoms with E-state index in [2.05, 4.69) is 21.5 Å². The van der Waals surface area contributed by atoms with E-state index in [0.29, 0.717) is 12.2 Å². The van der Waals surface area contributed by atoms with Gasteiger partial charge in [0.15, 0.2) is 0 Å². The van der Waals surface area contributed by atoms with Gasteiger partial charge >= 0.3 is 0 Å². The molecule has 58 valence electrons. The summed E-state index contributed by atoms with van der Waals surface area (Å²) in [4.78, 5) is 18.8. The summed E-state index contributed by atoms with van der Waals surface area (Å²) in [5, 5.41) is 2.63. The Labute approximate surface area is 59.7 Å². The van der Waals surface area contributed by atoms with Gasteiger partial charge in [-0.15, -0.1) is 0 Å². The van der Waals surface area contributed by atoms with Crippen molar-refractivity contribution in [3.8, 4) is 0 Å². The first-order valence-electron chi connectivity index (χ1n) is 3.01. The Morgan fingerprint density at radius 3 is 2.80 bits per heavy atom. The summed E-state index contributed by atoms with van der Waals surface area (Å²) >= 11 is 0. The fourth-order valence-corrected chi connectivity index (χ4v) is 0.345. The third-order valence-electron chi connectivity index (χ3n) is 0.752. The highest BCUT2D eigenvalue weighted by molar-refractivity contribution is 4.96. The predicted octanol–water partition coefficient (Wildman–Crippen LogP) is 1.28. The lowest BCUT2D eigenvalue weighted by atomic mass is 10.3. The minimum absolute atomic E-state index is 0.0904. The van der Waals surface area contributed by atoms with Crippen LogP contribution >= 0.6 is 0 Å². The van der Waals surface area contributed by atoms with E-state index in [-0.39, 0.29) is 13.2 Å². The van der Waals surface area contributed by atoms with Gasteiger partial charge in [-0.05, 0) is 12.5 Å². The van der Waals surface area contributed by atoms with Gasteiger partial charge in [-0.2, -0.15) is 4.91 Å². The molecule has 0 saturated carbocycles. The zero-order chi connectivity index (χ0) is 7.82. The molecule has 0 aliphatic heterocycles. The van der Waals surface area contributed by atoms with E-state index >= 15 is 0 Å². The van der Waals surface area contributed by atoms with Gasteiger partial charge in [-0.3, -0.25) is 0 Å². The van der Waals surface area contributed by atoms with Crippen LogP contribution in [0.25, 0.3) is 0 Å². The van der Waals surface area contributed by atoms with Gasteiger partial charge in [0.05, 0.1) is 6.61 Å². The maximum atomic E-state index is 9.64. The van der Waals surface area contributed by atoms with Crippen LogP contribution in [-0.2, 0) is 9.78 Å². The van der Waals surface area contributed by atoms with Crippen molar-refractivity contribution in [3.63, 3.8) is 0 Å². The summed E-state index contributed by atoms with van der Waals surface area (Å²) in [7, 11) is 0. The number of hydrogen-bond donors (Lipinski definition) is 0. The minimum atomic E-state index is 0.0904. The Morgan fingerprint density at radius 1 is 1.60 bits per heavy atom. The van der Waals surface area contributed by atoms with Crippen LogP contribution in [0.5, 0.6) is 0 Å². The predicted molar refractivity (Wildman–Crippen MR) is 37.4 cm³/mol. The molecule has 0 saturated heterocycles. The summed E-state index contributed by atoms with van der Waals surface area (Å²) in [5.41, 5.74) is 0.614. The van der Waals surface area contributed by atoms with Crippen molar-refractivity contribution in [2.24, 2.45) is 5.18 Å². The molecule has 0 amide bonds. The molecule has 4 heteroatoms. The van der Waals surface area contributed by atoms with Crippen molar-refractivity contribution in [2.45, 2.75) is 6.92 Å². The Morgan fingerprint density at radius 2 is 2.30 bits per heavy atom. The van der Waals surface area contributed by atoms with Crippen molar-refractivity contribution in [1.82, 2.24) is 0 Å². The van der Waals surface area contributed by atoms with Crippen LogP contribution in [0, 0.1) is 4.91 Å². The molecule has 0 unspecified atom stereocenters. The standard InChI is InChI=1S/C6H11NO3/c1-3-9-10-5-6(2)4-7-8/h2-5H2,1H3. The molecule has 0 fully saturated rings. The van der Waals surface area contributed by atoms with E-state index < -0.39 is 0 Å². The van der Waals surface area contributed by atoms with Crippen LogP contribution in [0.3, 0.4) is 0 Å². The van der Waals surface area contributed by atoms with E-state index in [1.807, 2.05) is 0 Å². The van der Waals surface area contributed by atoms with Crippen molar-refractivity contribution < 1.29 is 9.78 Å². The molecule has 0 rings (SSSR count). The first kappa shape index (κ1) is 9.26. The van der Waals surface area contributed by atoms with Gasteiger partial charge in [0.2, 0.25) is 0 Å². The quantitative estimate of drug-likeness (QED) is 0.186. The van der Waals surface area contributed by atoms with Gasteiger partial charge in [0, 0.05) is 0 Å². The van der Waals surface area contributed by atoms with Crippen molar-refractivity contribution in [3.05, 3.63) is 17.1 Å². The smallest absolute Gasteiger partial charge is 0.105 e. The van der Waals surface area contributed by atoms with E-state index in [4.69, 9.17) is 0 Å². The average molecular weight is 145 g/mol. The molecule has 0 spiro atoms. The largest absolute Gasteiger partial charge is 0.237 e. The first-order valence-corrected chi connectivity index (χ1v) is 3.01. The Bertz CT molecular complexity index is 114. The summed E-state index contributed by atoms with van der Waals surface area (Å²) in [5.74, 6) is 0. The van der Waals surface area contributed by atoms with Crippen LogP contribution in [0.2, 0.25) is 0 Å². The molecule has 0 heterocycles. The molecule has 0 N–H and O–H groups in total. The third kappa shape index (κ3) is 5.40. The monoisotopic (exact) mass is 145 g/mol. The summed E-state index contributed by atoms with van der Waals surface area (Å²) < 4.78 is 0. The second kappa shape index (κ2) is 6.38. The molecule has 0 aliphatic rings. The SMILES string of the molecule is C=C(CN=O)COOCC. The minimum Gasteiger partial charge on any atom is -0.237 e. The lowest BCUT2D eigenvalue weighted by Gasteiger charge is -2.00. The fourth-order valence-electron chi connectivity index (χ4n) is 0.345. The molecule has 0 radical (unpaired) electrons. The molecule has 0 aromatic carbocycles. The van der Waals surface area contributed by atoms with E-state index in [0.717, 1.165) is 0 Å². The molecule has 0 aromatic heterocycles. The normalized spacial score (nSPS) is 9.30. The number of nitrogens with zero attached hydrogens (tertiary/aromatic N) is 1. The van der Waals surface area contributed by atoms with Crippen molar-refractivity contribution in [1.29, 1.82) is 0 Å². The van der Waals surface area contributed by atoms with Gasteiger partial charge in [0.25, 0.3) is 0 Å². The maximum absolute atomic E-state index is 9.64. The topological polar surface area (TPSA) is 47.9 Å². The highest BCUT2D eigenvalue weighted by Crippen LogP contribution is 1.92. The highest BCUT2D eigenvalue weighted by Gasteiger charge is 1.93. The maximum Gasteiger partial charge on any atom is 0.105 e. The lowest BCUT2D eigenvalue weighted by Crippen LogP contribution is -2.00. The van der Waals surface area contributed by atoms with Gasteiger partial charge in [0.1, 0.15) is 13.2 Å². The molecule has 0 aliphatic carbocycles.